The highest BCUT2D eigenvalue weighted by atomic mass is 19.4. The number of esters is 1. The van der Waals surface area contributed by atoms with E-state index in [1.807, 2.05) is 19.1 Å². The van der Waals surface area contributed by atoms with Gasteiger partial charge in [-0.25, -0.2) is 0 Å². The largest absolute Gasteiger partial charge is 0.469 e. The van der Waals surface area contributed by atoms with Crippen molar-refractivity contribution < 1.29 is 27.5 Å². The van der Waals surface area contributed by atoms with Gasteiger partial charge >= 0.3 is 12.1 Å². The second kappa shape index (κ2) is 8.70. The van der Waals surface area contributed by atoms with E-state index >= 15 is 0 Å². The normalized spacial score (nSPS) is 12.3. The molecule has 0 saturated carbocycles. The zero-order valence-electron chi connectivity index (χ0n) is 15.0. The van der Waals surface area contributed by atoms with E-state index in [0.717, 1.165) is 17.7 Å². The Balaban J connectivity index is 2.13. The van der Waals surface area contributed by atoms with Crippen LogP contribution in [0.15, 0.2) is 48.5 Å². The number of alkyl halides is 3. The van der Waals surface area contributed by atoms with E-state index in [1.54, 1.807) is 12.1 Å². The predicted octanol–water partition coefficient (Wildman–Crippen LogP) is 3.98. The summed E-state index contributed by atoms with van der Waals surface area (Å²) in [4.78, 5) is 24.0. The SMILES string of the molecule is COC(=O)CC(NC(=O)Cc1cccc(C(F)(F)F)c1)c1ccc(C)cc1. The second-order valence-corrected chi connectivity index (χ2v) is 6.19. The number of hydrogen-bond donors (Lipinski definition) is 1. The van der Waals surface area contributed by atoms with E-state index in [-0.39, 0.29) is 18.4 Å². The number of hydrogen-bond acceptors (Lipinski definition) is 3. The van der Waals surface area contributed by atoms with Crippen molar-refractivity contribution >= 4 is 11.9 Å². The van der Waals surface area contributed by atoms with Gasteiger partial charge in [0.25, 0.3) is 0 Å². The van der Waals surface area contributed by atoms with Gasteiger partial charge in [-0.05, 0) is 24.1 Å². The molecule has 0 aliphatic rings. The van der Waals surface area contributed by atoms with Crippen molar-refractivity contribution in [3.8, 4) is 0 Å². The van der Waals surface area contributed by atoms with Crippen LogP contribution >= 0.6 is 0 Å². The molecule has 27 heavy (non-hydrogen) atoms. The lowest BCUT2D eigenvalue weighted by Gasteiger charge is -2.19. The van der Waals surface area contributed by atoms with Crippen LogP contribution in [0.5, 0.6) is 0 Å². The highest BCUT2D eigenvalue weighted by molar-refractivity contribution is 5.80. The fourth-order valence-electron chi connectivity index (χ4n) is 2.59. The van der Waals surface area contributed by atoms with Gasteiger partial charge in [-0.3, -0.25) is 9.59 Å². The third-order valence-electron chi connectivity index (χ3n) is 4.03. The molecule has 0 spiro atoms. The molecule has 0 heterocycles. The van der Waals surface area contributed by atoms with Gasteiger partial charge in [0.15, 0.2) is 0 Å². The Morgan fingerprint density at radius 1 is 1.11 bits per heavy atom. The lowest BCUT2D eigenvalue weighted by atomic mass is 10.0. The molecule has 1 unspecified atom stereocenters. The number of methoxy groups -OCH3 is 1. The number of rotatable bonds is 6. The molecule has 0 radical (unpaired) electrons. The van der Waals surface area contributed by atoms with Gasteiger partial charge in [-0.15, -0.1) is 0 Å². The van der Waals surface area contributed by atoms with Crippen molar-refractivity contribution in [1.29, 1.82) is 0 Å². The first-order valence-electron chi connectivity index (χ1n) is 8.28. The van der Waals surface area contributed by atoms with Crippen LogP contribution in [0.1, 0.15) is 34.7 Å². The van der Waals surface area contributed by atoms with E-state index in [4.69, 9.17) is 0 Å². The molecule has 0 saturated heterocycles. The Hall–Kier alpha value is -2.83. The van der Waals surface area contributed by atoms with Crippen LogP contribution in [-0.2, 0) is 26.9 Å². The highest BCUT2D eigenvalue weighted by Crippen LogP contribution is 2.29. The van der Waals surface area contributed by atoms with Crippen molar-refractivity contribution in [1.82, 2.24) is 5.32 Å². The summed E-state index contributed by atoms with van der Waals surface area (Å²) in [5, 5.41) is 2.70. The summed E-state index contributed by atoms with van der Waals surface area (Å²) >= 11 is 0. The van der Waals surface area contributed by atoms with Crippen LogP contribution in [0.2, 0.25) is 0 Å². The van der Waals surface area contributed by atoms with Crippen molar-refractivity contribution in [2.45, 2.75) is 32.0 Å². The molecule has 0 aromatic heterocycles. The van der Waals surface area contributed by atoms with Gasteiger partial charge in [0.05, 0.1) is 31.6 Å². The summed E-state index contributed by atoms with van der Waals surface area (Å²) in [5.41, 5.74) is 1.16. The first-order chi connectivity index (χ1) is 12.7. The first kappa shape index (κ1) is 20.5. The maximum atomic E-state index is 12.8. The van der Waals surface area contributed by atoms with Crippen LogP contribution in [0.4, 0.5) is 13.2 Å². The van der Waals surface area contributed by atoms with Crippen molar-refractivity contribution in [2.24, 2.45) is 0 Å². The molecule has 1 atom stereocenters. The highest BCUT2D eigenvalue weighted by Gasteiger charge is 2.30. The Morgan fingerprint density at radius 3 is 2.37 bits per heavy atom. The minimum absolute atomic E-state index is 0.0755. The molecule has 144 valence electrons. The van der Waals surface area contributed by atoms with E-state index in [9.17, 15) is 22.8 Å². The average Bonchev–Trinajstić information content (AvgIpc) is 2.61. The number of halogens is 3. The van der Waals surface area contributed by atoms with E-state index in [2.05, 4.69) is 10.1 Å². The summed E-state index contributed by atoms with van der Waals surface area (Å²) in [7, 11) is 1.25. The van der Waals surface area contributed by atoms with E-state index in [1.165, 1.54) is 19.2 Å². The van der Waals surface area contributed by atoms with Crippen LogP contribution in [0.25, 0.3) is 0 Å². The summed E-state index contributed by atoms with van der Waals surface area (Å²) < 4.78 is 43.1. The number of carbonyl (C=O) groups is 2. The molecular weight excluding hydrogens is 359 g/mol. The smallest absolute Gasteiger partial charge is 0.416 e. The minimum atomic E-state index is -4.47. The summed E-state index contributed by atoms with van der Waals surface area (Å²) in [6.45, 7) is 1.91. The van der Waals surface area contributed by atoms with Gasteiger partial charge in [0, 0.05) is 0 Å². The van der Waals surface area contributed by atoms with Gasteiger partial charge in [0.2, 0.25) is 5.91 Å². The molecule has 1 N–H and O–H groups in total. The molecule has 2 aromatic rings. The number of amides is 1. The quantitative estimate of drug-likeness (QED) is 0.773. The van der Waals surface area contributed by atoms with Crippen LogP contribution in [0, 0.1) is 6.92 Å². The third-order valence-corrected chi connectivity index (χ3v) is 4.03. The first-order valence-corrected chi connectivity index (χ1v) is 8.28. The Labute approximate surface area is 155 Å². The fourth-order valence-corrected chi connectivity index (χ4v) is 2.59. The number of benzene rings is 2. The molecule has 0 bridgehead atoms. The molecule has 2 rings (SSSR count). The Morgan fingerprint density at radius 2 is 1.78 bits per heavy atom. The van der Waals surface area contributed by atoms with E-state index < -0.39 is 29.7 Å². The van der Waals surface area contributed by atoms with Gasteiger partial charge in [0.1, 0.15) is 0 Å². The van der Waals surface area contributed by atoms with Gasteiger partial charge < -0.3 is 10.1 Å². The Bertz CT molecular complexity index is 801. The van der Waals surface area contributed by atoms with Crippen molar-refractivity contribution in [3.63, 3.8) is 0 Å². The lowest BCUT2D eigenvalue weighted by Crippen LogP contribution is -2.31. The topological polar surface area (TPSA) is 55.4 Å². The van der Waals surface area contributed by atoms with Crippen LogP contribution in [-0.4, -0.2) is 19.0 Å². The zero-order chi connectivity index (χ0) is 20.0. The Kier molecular flexibility index (Phi) is 6.60. The molecule has 1 amide bonds. The molecule has 0 aliphatic heterocycles. The maximum absolute atomic E-state index is 12.8. The third kappa shape index (κ3) is 6.13. The fraction of sp³-hybridized carbons (Fsp3) is 0.300. The minimum Gasteiger partial charge on any atom is -0.469 e. The second-order valence-electron chi connectivity index (χ2n) is 6.19. The monoisotopic (exact) mass is 379 g/mol. The molecule has 0 aliphatic carbocycles. The summed E-state index contributed by atoms with van der Waals surface area (Å²) in [6, 6.07) is 11.2. The van der Waals surface area contributed by atoms with Crippen LogP contribution in [0.3, 0.4) is 0 Å². The summed E-state index contributed by atoms with van der Waals surface area (Å²) in [6.07, 6.45) is -4.77. The summed E-state index contributed by atoms with van der Waals surface area (Å²) in [5.74, 6) is -0.983. The molecule has 4 nitrogen and oxygen atoms in total. The molecule has 2 aromatic carbocycles. The molecular formula is C20H20F3NO3. The number of aryl methyl sites for hydroxylation is 1. The van der Waals surface area contributed by atoms with Crippen molar-refractivity contribution in [2.75, 3.05) is 7.11 Å². The number of nitrogens with one attached hydrogen (secondary N) is 1. The van der Waals surface area contributed by atoms with Crippen LogP contribution < -0.4 is 5.32 Å². The maximum Gasteiger partial charge on any atom is 0.416 e. The van der Waals surface area contributed by atoms with Gasteiger partial charge in [-0.1, -0.05) is 48.0 Å². The van der Waals surface area contributed by atoms with E-state index in [0.29, 0.717) is 5.56 Å². The standard InChI is InChI=1S/C20H20F3NO3/c1-13-6-8-15(9-7-13)17(12-19(26)27-2)24-18(25)11-14-4-3-5-16(10-14)20(21,22)23/h3-10,17H,11-12H2,1-2H3,(H,24,25). The molecule has 7 heteroatoms. The number of carbonyl (C=O) groups excluding carboxylic acids is 2. The predicted molar refractivity (Wildman–Crippen MR) is 93.8 cm³/mol. The van der Waals surface area contributed by atoms with Crippen molar-refractivity contribution in [3.05, 3.63) is 70.8 Å². The lowest BCUT2D eigenvalue weighted by molar-refractivity contribution is -0.141. The number of ether oxygens (including phenoxy) is 1. The van der Waals surface area contributed by atoms with Gasteiger partial charge in [-0.2, -0.15) is 13.2 Å². The zero-order valence-corrected chi connectivity index (χ0v) is 15.0. The molecule has 0 fully saturated rings. The average molecular weight is 379 g/mol.